The molecule has 0 aliphatic carbocycles. The zero-order valence-corrected chi connectivity index (χ0v) is 21.3. The quantitative estimate of drug-likeness (QED) is 0.441. The van der Waals surface area contributed by atoms with Crippen LogP contribution in [-0.4, -0.2) is 42.2 Å². The Bertz CT molecular complexity index is 1360. The monoisotopic (exact) mass is 516 g/mol. The van der Waals surface area contributed by atoms with E-state index in [-0.39, 0.29) is 9.79 Å². The summed E-state index contributed by atoms with van der Waals surface area (Å²) in [6, 6.07) is 20.1. The van der Waals surface area contributed by atoms with Crippen LogP contribution in [0.2, 0.25) is 0 Å². The van der Waals surface area contributed by atoms with E-state index in [2.05, 4.69) is 5.32 Å². The molecule has 0 spiro atoms. The smallest absolute Gasteiger partial charge is 0.264 e. The molecule has 0 saturated heterocycles. The lowest BCUT2D eigenvalue weighted by atomic mass is 10.1. The van der Waals surface area contributed by atoms with Gasteiger partial charge in [0.1, 0.15) is 12.3 Å². The van der Waals surface area contributed by atoms with E-state index in [1.807, 2.05) is 6.92 Å². The van der Waals surface area contributed by atoms with Gasteiger partial charge in [0.25, 0.3) is 10.0 Å². The molecule has 10 heteroatoms. The molecule has 0 aliphatic heterocycles. The summed E-state index contributed by atoms with van der Waals surface area (Å²) in [5.74, 6) is 0.0713. The van der Waals surface area contributed by atoms with Crippen LogP contribution in [0.5, 0.6) is 5.75 Å². The third-order valence-corrected chi connectivity index (χ3v) is 8.16. The van der Waals surface area contributed by atoms with E-state index in [1.54, 1.807) is 61.5 Å². The van der Waals surface area contributed by atoms with E-state index in [0.717, 1.165) is 10.6 Å². The Morgan fingerprint density at radius 3 is 2.03 bits per heavy atom. The van der Waals surface area contributed by atoms with E-state index >= 15 is 0 Å². The summed E-state index contributed by atoms with van der Waals surface area (Å²) >= 11 is 0. The van der Waals surface area contributed by atoms with Gasteiger partial charge in [0.05, 0.1) is 28.1 Å². The third-order valence-electron chi connectivity index (χ3n) is 5.24. The molecule has 1 amide bonds. The summed E-state index contributed by atoms with van der Waals surface area (Å²) in [4.78, 5) is 13.2. The molecule has 0 bridgehead atoms. The minimum atomic E-state index is -4.03. The van der Waals surface area contributed by atoms with Crippen LogP contribution in [0, 0.1) is 0 Å². The number of anilines is 1. The van der Waals surface area contributed by atoms with E-state index in [1.165, 1.54) is 24.3 Å². The molecule has 3 rings (SSSR count). The summed E-state index contributed by atoms with van der Waals surface area (Å²) in [5, 5.41) is 2.79. The average Bonchev–Trinajstić information content (AvgIpc) is 2.83. The van der Waals surface area contributed by atoms with Crippen LogP contribution in [0.1, 0.15) is 25.5 Å². The molecule has 0 aliphatic rings. The molecular weight excluding hydrogens is 488 g/mol. The topological polar surface area (TPSA) is 110 Å². The Kier molecular flexibility index (Phi) is 8.18. The van der Waals surface area contributed by atoms with E-state index in [4.69, 9.17) is 4.74 Å². The van der Waals surface area contributed by atoms with Crippen LogP contribution in [0.15, 0.2) is 88.7 Å². The van der Waals surface area contributed by atoms with Crippen molar-refractivity contribution in [2.45, 2.75) is 29.7 Å². The first-order chi connectivity index (χ1) is 16.5. The second-order valence-electron chi connectivity index (χ2n) is 7.88. The van der Waals surface area contributed by atoms with Gasteiger partial charge in [0.2, 0.25) is 5.91 Å². The summed E-state index contributed by atoms with van der Waals surface area (Å²) < 4.78 is 56.7. The highest BCUT2D eigenvalue weighted by atomic mass is 32.2. The number of carbonyl (C=O) groups excluding carboxylic acids is 1. The number of amides is 1. The lowest BCUT2D eigenvalue weighted by Crippen LogP contribution is -2.41. The number of carbonyl (C=O) groups is 1. The molecule has 0 fully saturated rings. The van der Waals surface area contributed by atoms with Gasteiger partial charge in [0, 0.05) is 6.26 Å². The maximum Gasteiger partial charge on any atom is 0.264 e. The number of sulfonamides is 1. The van der Waals surface area contributed by atoms with Crippen LogP contribution in [0.25, 0.3) is 0 Å². The normalized spacial score (nSPS) is 12.5. The second-order valence-corrected chi connectivity index (χ2v) is 11.8. The first kappa shape index (κ1) is 26.2. The van der Waals surface area contributed by atoms with Crippen molar-refractivity contribution in [3.63, 3.8) is 0 Å². The van der Waals surface area contributed by atoms with Crippen molar-refractivity contribution in [3.05, 3.63) is 84.4 Å². The van der Waals surface area contributed by atoms with Gasteiger partial charge in [-0.25, -0.2) is 16.8 Å². The first-order valence-electron chi connectivity index (χ1n) is 10.9. The largest absolute Gasteiger partial charge is 0.494 e. The molecule has 0 unspecified atom stereocenters. The molecule has 1 atom stereocenters. The van der Waals surface area contributed by atoms with Gasteiger partial charge in [-0.05, 0) is 67.9 Å². The van der Waals surface area contributed by atoms with E-state index in [0.29, 0.717) is 23.6 Å². The summed E-state index contributed by atoms with van der Waals surface area (Å²) in [7, 11) is -7.37. The lowest BCUT2D eigenvalue weighted by molar-refractivity contribution is -0.120. The molecule has 1 N–H and O–H groups in total. The number of sulfone groups is 1. The Morgan fingerprint density at radius 2 is 1.49 bits per heavy atom. The molecule has 0 aromatic heterocycles. The summed E-state index contributed by atoms with van der Waals surface area (Å²) in [6.45, 7) is 3.61. The second kappa shape index (κ2) is 10.9. The molecule has 8 nitrogen and oxygen atoms in total. The Morgan fingerprint density at radius 1 is 0.886 bits per heavy atom. The fraction of sp³-hybridized carbons (Fsp3) is 0.240. The van der Waals surface area contributed by atoms with Crippen molar-refractivity contribution >= 4 is 31.5 Å². The Hall–Kier alpha value is -3.37. The number of nitrogens with one attached hydrogen (secondary N) is 1. The number of hydrogen-bond acceptors (Lipinski definition) is 6. The zero-order chi connectivity index (χ0) is 25.6. The Labute approximate surface area is 206 Å². The predicted octanol–water partition coefficient (Wildman–Crippen LogP) is 3.56. The number of hydrogen-bond donors (Lipinski definition) is 1. The van der Waals surface area contributed by atoms with Crippen molar-refractivity contribution in [1.82, 2.24) is 5.32 Å². The highest BCUT2D eigenvalue weighted by Gasteiger charge is 2.27. The van der Waals surface area contributed by atoms with Gasteiger partial charge < -0.3 is 10.1 Å². The van der Waals surface area contributed by atoms with E-state index in [9.17, 15) is 21.6 Å². The van der Waals surface area contributed by atoms with Gasteiger partial charge in [0.15, 0.2) is 9.84 Å². The van der Waals surface area contributed by atoms with Crippen LogP contribution < -0.4 is 14.4 Å². The molecule has 35 heavy (non-hydrogen) atoms. The van der Waals surface area contributed by atoms with Crippen LogP contribution >= 0.6 is 0 Å². The molecule has 3 aromatic rings. The van der Waals surface area contributed by atoms with Crippen molar-refractivity contribution in [3.8, 4) is 5.75 Å². The molecule has 0 radical (unpaired) electrons. The maximum absolute atomic E-state index is 13.4. The van der Waals surface area contributed by atoms with Gasteiger partial charge in [-0.1, -0.05) is 30.3 Å². The van der Waals surface area contributed by atoms with Crippen LogP contribution in [-0.2, 0) is 24.7 Å². The minimum absolute atomic E-state index is 0.0612. The van der Waals surface area contributed by atoms with E-state index < -0.39 is 38.4 Å². The SMILES string of the molecule is CCOc1ccc(N(CC(=O)N[C@H](C)c2ccc(S(C)(=O)=O)cc2)S(=O)(=O)c2ccccc2)cc1. The summed E-state index contributed by atoms with van der Waals surface area (Å²) in [6.07, 6.45) is 1.12. The number of benzene rings is 3. The predicted molar refractivity (Wildman–Crippen MR) is 135 cm³/mol. The molecule has 0 heterocycles. The number of nitrogens with zero attached hydrogens (tertiary/aromatic N) is 1. The summed E-state index contributed by atoms with van der Waals surface area (Å²) in [5.41, 5.74) is 1.00. The molecule has 186 valence electrons. The fourth-order valence-corrected chi connectivity index (χ4v) is 5.49. The standard InChI is InChI=1S/C25H28N2O6S2/c1-4-33-22-14-12-21(13-15-22)27(35(31,32)24-8-6-5-7-9-24)18-25(28)26-19(2)20-10-16-23(17-11-20)34(3,29)30/h5-17,19H,4,18H2,1-3H3,(H,26,28)/t19-/m1/s1. The van der Waals surface area contributed by atoms with Crippen LogP contribution in [0.3, 0.4) is 0 Å². The van der Waals surface area contributed by atoms with Crippen molar-refractivity contribution in [2.24, 2.45) is 0 Å². The lowest BCUT2D eigenvalue weighted by Gasteiger charge is -2.25. The van der Waals surface area contributed by atoms with Gasteiger partial charge >= 0.3 is 0 Å². The molecule has 3 aromatic carbocycles. The number of ether oxygens (including phenoxy) is 1. The maximum atomic E-state index is 13.4. The van der Waals surface area contributed by atoms with Crippen LogP contribution in [0.4, 0.5) is 5.69 Å². The van der Waals surface area contributed by atoms with Crippen molar-refractivity contribution < 1.29 is 26.4 Å². The first-order valence-corrected chi connectivity index (χ1v) is 14.3. The van der Waals surface area contributed by atoms with Crippen molar-refractivity contribution in [2.75, 3.05) is 23.7 Å². The molecular formula is C25H28N2O6S2. The zero-order valence-electron chi connectivity index (χ0n) is 19.7. The third kappa shape index (κ3) is 6.61. The van der Waals surface area contributed by atoms with Crippen molar-refractivity contribution in [1.29, 1.82) is 0 Å². The number of rotatable bonds is 10. The van der Waals surface area contributed by atoms with Gasteiger partial charge in [-0.15, -0.1) is 0 Å². The Balaban J connectivity index is 1.84. The minimum Gasteiger partial charge on any atom is -0.494 e. The fourth-order valence-electron chi connectivity index (χ4n) is 3.41. The highest BCUT2D eigenvalue weighted by molar-refractivity contribution is 7.93. The van der Waals surface area contributed by atoms with Gasteiger partial charge in [-0.2, -0.15) is 0 Å². The average molecular weight is 517 g/mol. The molecule has 0 saturated carbocycles. The highest BCUT2D eigenvalue weighted by Crippen LogP contribution is 2.26. The van der Waals surface area contributed by atoms with Gasteiger partial charge in [-0.3, -0.25) is 9.10 Å².